The molecular formula is C11H13NO2. The topological polar surface area (TPSA) is 48.4 Å². The second kappa shape index (κ2) is 3.35. The molecule has 1 heterocycles. The van der Waals surface area contributed by atoms with Crippen LogP contribution in [0.1, 0.15) is 18.5 Å². The summed E-state index contributed by atoms with van der Waals surface area (Å²) in [6, 6.07) is 5.68. The van der Waals surface area contributed by atoms with Crippen molar-refractivity contribution in [3.05, 3.63) is 30.0 Å². The summed E-state index contributed by atoms with van der Waals surface area (Å²) in [5.41, 5.74) is 7.67. The molecule has 0 bridgehead atoms. The summed E-state index contributed by atoms with van der Waals surface area (Å²) in [7, 11) is 1.65. The number of hydrogen-bond acceptors (Lipinski definition) is 3. The molecule has 2 N–H and O–H groups in total. The van der Waals surface area contributed by atoms with Gasteiger partial charge in [-0.15, -0.1) is 0 Å². The van der Waals surface area contributed by atoms with Crippen molar-refractivity contribution in [3.8, 4) is 5.75 Å². The molecule has 14 heavy (non-hydrogen) atoms. The summed E-state index contributed by atoms with van der Waals surface area (Å²) in [4.78, 5) is 0. The fourth-order valence-electron chi connectivity index (χ4n) is 1.51. The predicted octanol–water partition coefficient (Wildman–Crippen LogP) is 2.46. The molecular weight excluding hydrogens is 178 g/mol. The van der Waals surface area contributed by atoms with Gasteiger partial charge in [-0.25, -0.2) is 0 Å². The largest absolute Gasteiger partial charge is 0.497 e. The highest BCUT2D eigenvalue weighted by Crippen LogP contribution is 2.28. The highest BCUT2D eigenvalue weighted by atomic mass is 16.5. The first-order valence-corrected chi connectivity index (χ1v) is 4.53. The van der Waals surface area contributed by atoms with Gasteiger partial charge in [0, 0.05) is 17.0 Å². The number of furan rings is 1. The lowest BCUT2D eigenvalue weighted by molar-refractivity contribution is 0.415. The van der Waals surface area contributed by atoms with Gasteiger partial charge in [-0.2, -0.15) is 0 Å². The Morgan fingerprint density at radius 1 is 1.43 bits per heavy atom. The van der Waals surface area contributed by atoms with Crippen LogP contribution in [-0.2, 0) is 0 Å². The Morgan fingerprint density at radius 2 is 2.21 bits per heavy atom. The number of hydrogen-bond donors (Lipinski definition) is 1. The molecule has 74 valence electrons. The van der Waals surface area contributed by atoms with Gasteiger partial charge in [0.1, 0.15) is 11.3 Å². The van der Waals surface area contributed by atoms with Crippen molar-refractivity contribution >= 4 is 11.0 Å². The van der Waals surface area contributed by atoms with E-state index in [1.807, 2.05) is 25.1 Å². The molecule has 0 spiro atoms. The van der Waals surface area contributed by atoms with Crippen LogP contribution < -0.4 is 10.5 Å². The molecule has 0 aliphatic heterocycles. The minimum absolute atomic E-state index is 0.0247. The predicted molar refractivity (Wildman–Crippen MR) is 55.4 cm³/mol. The average Bonchev–Trinajstić information content (AvgIpc) is 2.59. The molecule has 0 unspecified atom stereocenters. The Labute approximate surface area is 82.5 Å². The van der Waals surface area contributed by atoms with Gasteiger partial charge in [0.25, 0.3) is 0 Å². The summed E-state index contributed by atoms with van der Waals surface area (Å²) >= 11 is 0. The second-order valence-electron chi connectivity index (χ2n) is 3.34. The number of benzene rings is 1. The molecule has 2 aromatic rings. The maximum atomic E-state index is 5.81. The molecule has 0 radical (unpaired) electrons. The van der Waals surface area contributed by atoms with Crippen LogP contribution in [0.4, 0.5) is 0 Å². The minimum Gasteiger partial charge on any atom is -0.497 e. The Morgan fingerprint density at radius 3 is 2.86 bits per heavy atom. The smallest absolute Gasteiger partial charge is 0.134 e. The molecule has 1 atom stereocenters. The molecule has 0 aliphatic carbocycles. The molecule has 0 aliphatic rings. The van der Waals surface area contributed by atoms with Gasteiger partial charge in [-0.3, -0.25) is 0 Å². The fraction of sp³-hybridized carbons (Fsp3) is 0.273. The van der Waals surface area contributed by atoms with E-state index in [0.29, 0.717) is 0 Å². The number of rotatable bonds is 2. The molecule has 1 aromatic carbocycles. The molecule has 0 amide bonds. The number of methoxy groups -OCH3 is 1. The molecule has 3 nitrogen and oxygen atoms in total. The van der Waals surface area contributed by atoms with Crippen molar-refractivity contribution in [2.45, 2.75) is 13.0 Å². The third-order valence-electron chi connectivity index (χ3n) is 2.30. The van der Waals surface area contributed by atoms with Crippen LogP contribution in [0.3, 0.4) is 0 Å². The summed E-state index contributed by atoms with van der Waals surface area (Å²) < 4.78 is 10.5. The average molecular weight is 191 g/mol. The number of fused-ring (bicyclic) bond motifs is 1. The molecule has 0 saturated carbocycles. The van der Waals surface area contributed by atoms with Gasteiger partial charge in [-0.05, 0) is 25.1 Å². The van der Waals surface area contributed by atoms with Gasteiger partial charge in [0.15, 0.2) is 0 Å². The van der Waals surface area contributed by atoms with Crippen LogP contribution in [0.15, 0.2) is 28.9 Å². The van der Waals surface area contributed by atoms with E-state index in [1.165, 1.54) is 0 Å². The summed E-state index contributed by atoms with van der Waals surface area (Å²) in [6.45, 7) is 1.93. The standard InChI is InChI=1S/C11H13NO2/c1-7(12)10-6-14-11-4-3-8(13-2)5-9(10)11/h3-7H,12H2,1-2H3/t7-/m0/s1. The van der Waals surface area contributed by atoms with Crippen LogP contribution in [0.5, 0.6) is 5.75 Å². The fourth-order valence-corrected chi connectivity index (χ4v) is 1.51. The normalized spacial score (nSPS) is 13.1. The lowest BCUT2D eigenvalue weighted by Gasteiger charge is -2.02. The lowest BCUT2D eigenvalue weighted by atomic mass is 10.1. The molecule has 0 fully saturated rings. The van der Waals surface area contributed by atoms with Crippen molar-refractivity contribution in [3.63, 3.8) is 0 Å². The maximum Gasteiger partial charge on any atom is 0.134 e. The van der Waals surface area contributed by atoms with E-state index < -0.39 is 0 Å². The molecule has 3 heteroatoms. The summed E-state index contributed by atoms with van der Waals surface area (Å²) in [6.07, 6.45) is 1.70. The van der Waals surface area contributed by atoms with Gasteiger partial charge in [0.05, 0.1) is 13.4 Å². The highest BCUT2D eigenvalue weighted by Gasteiger charge is 2.09. The van der Waals surface area contributed by atoms with Gasteiger partial charge in [-0.1, -0.05) is 0 Å². The third-order valence-corrected chi connectivity index (χ3v) is 2.30. The number of ether oxygens (including phenoxy) is 1. The SMILES string of the molecule is COc1ccc2occ([C@H](C)N)c2c1. The van der Waals surface area contributed by atoms with Crippen LogP contribution in [-0.4, -0.2) is 7.11 Å². The maximum absolute atomic E-state index is 5.81. The van der Waals surface area contributed by atoms with E-state index >= 15 is 0 Å². The van der Waals surface area contributed by atoms with Crippen molar-refractivity contribution in [2.75, 3.05) is 7.11 Å². The lowest BCUT2D eigenvalue weighted by Crippen LogP contribution is -2.03. The molecule has 0 saturated heterocycles. The van der Waals surface area contributed by atoms with Crippen molar-refractivity contribution < 1.29 is 9.15 Å². The van der Waals surface area contributed by atoms with E-state index in [2.05, 4.69) is 0 Å². The molecule has 1 aromatic heterocycles. The second-order valence-corrected chi connectivity index (χ2v) is 3.34. The minimum atomic E-state index is -0.0247. The first kappa shape index (κ1) is 9.09. The zero-order valence-electron chi connectivity index (χ0n) is 8.28. The quantitative estimate of drug-likeness (QED) is 0.793. The van der Waals surface area contributed by atoms with E-state index in [9.17, 15) is 0 Å². The van der Waals surface area contributed by atoms with Gasteiger partial charge >= 0.3 is 0 Å². The monoisotopic (exact) mass is 191 g/mol. The van der Waals surface area contributed by atoms with Crippen LogP contribution in [0.25, 0.3) is 11.0 Å². The Bertz CT molecular complexity index is 445. The Hall–Kier alpha value is -1.48. The summed E-state index contributed by atoms with van der Waals surface area (Å²) in [5.74, 6) is 0.820. The van der Waals surface area contributed by atoms with Crippen LogP contribution >= 0.6 is 0 Å². The van der Waals surface area contributed by atoms with Crippen molar-refractivity contribution in [2.24, 2.45) is 5.73 Å². The van der Waals surface area contributed by atoms with Gasteiger partial charge in [0.2, 0.25) is 0 Å². The third kappa shape index (κ3) is 1.36. The summed E-state index contributed by atoms with van der Waals surface area (Å²) in [5, 5.41) is 1.03. The number of nitrogens with two attached hydrogens (primary N) is 1. The zero-order chi connectivity index (χ0) is 10.1. The first-order valence-electron chi connectivity index (χ1n) is 4.53. The molecule has 2 rings (SSSR count). The van der Waals surface area contributed by atoms with Crippen LogP contribution in [0, 0.1) is 0 Å². The van der Waals surface area contributed by atoms with Crippen molar-refractivity contribution in [1.29, 1.82) is 0 Å². The first-order chi connectivity index (χ1) is 6.72. The van der Waals surface area contributed by atoms with Gasteiger partial charge < -0.3 is 14.9 Å². The zero-order valence-corrected chi connectivity index (χ0v) is 8.28. The van der Waals surface area contributed by atoms with E-state index in [0.717, 1.165) is 22.3 Å². The van der Waals surface area contributed by atoms with E-state index in [1.54, 1.807) is 13.4 Å². The van der Waals surface area contributed by atoms with Crippen LogP contribution in [0.2, 0.25) is 0 Å². The van der Waals surface area contributed by atoms with Crippen molar-refractivity contribution in [1.82, 2.24) is 0 Å². The highest BCUT2D eigenvalue weighted by molar-refractivity contribution is 5.83. The Balaban J connectivity index is 2.63. The van der Waals surface area contributed by atoms with E-state index in [-0.39, 0.29) is 6.04 Å². The van der Waals surface area contributed by atoms with E-state index in [4.69, 9.17) is 14.9 Å². The Kier molecular flexibility index (Phi) is 2.17.